The zero-order valence-electron chi connectivity index (χ0n) is 10.1. The van der Waals surface area contributed by atoms with Crippen molar-refractivity contribution < 1.29 is 9.90 Å². The van der Waals surface area contributed by atoms with Gasteiger partial charge in [-0.2, -0.15) is 4.98 Å². The van der Waals surface area contributed by atoms with E-state index >= 15 is 0 Å². The van der Waals surface area contributed by atoms with E-state index in [1.54, 1.807) is 18.2 Å². The fraction of sp³-hybridized carbons (Fsp3) is 0.0909. The van der Waals surface area contributed by atoms with Crippen LogP contribution in [0.25, 0.3) is 6.08 Å². The number of nitrogens with zero attached hydrogens (tertiary/aromatic N) is 1. The number of aromatic nitrogens is 3. The first-order chi connectivity index (χ1) is 9.47. The number of rotatable bonds is 4. The molecule has 106 valence electrons. The van der Waals surface area contributed by atoms with E-state index in [0.29, 0.717) is 22.5 Å². The quantitative estimate of drug-likeness (QED) is 0.535. The summed E-state index contributed by atoms with van der Waals surface area (Å²) >= 11 is 6.54. The number of nitrogen functional groups attached to an aromatic ring is 1. The summed E-state index contributed by atoms with van der Waals surface area (Å²) in [5.41, 5.74) is 6.21. The molecule has 0 bridgehead atoms. The van der Waals surface area contributed by atoms with Gasteiger partial charge < -0.3 is 26.1 Å². The molecule has 2 aromatic heterocycles. The summed E-state index contributed by atoms with van der Waals surface area (Å²) in [6, 6.07) is 1.67. The maximum atomic E-state index is 11.8. The SMILES string of the molecule is Nc1nc(O)c(C=CCNC(=O)c2cc(Br)c(Br)[nH]2)[nH]1. The molecule has 0 aliphatic rings. The van der Waals surface area contributed by atoms with Gasteiger partial charge >= 0.3 is 0 Å². The topological polar surface area (TPSA) is 120 Å². The highest BCUT2D eigenvalue weighted by molar-refractivity contribution is 9.13. The highest BCUT2D eigenvalue weighted by atomic mass is 79.9. The number of hydrogen-bond acceptors (Lipinski definition) is 4. The number of nitrogens with one attached hydrogen (secondary N) is 3. The van der Waals surface area contributed by atoms with Gasteiger partial charge in [-0.3, -0.25) is 4.79 Å². The molecule has 0 aliphatic heterocycles. The Morgan fingerprint density at radius 2 is 2.25 bits per heavy atom. The van der Waals surface area contributed by atoms with E-state index in [1.807, 2.05) is 0 Å². The predicted molar refractivity (Wildman–Crippen MR) is 82.2 cm³/mol. The van der Waals surface area contributed by atoms with E-state index in [9.17, 15) is 9.90 Å². The van der Waals surface area contributed by atoms with Gasteiger partial charge in [0.05, 0.1) is 9.08 Å². The molecule has 7 nitrogen and oxygen atoms in total. The summed E-state index contributed by atoms with van der Waals surface area (Å²) in [5.74, 6) is -0.288. The first kappa shape index (κ1) is 14.7. The van der Waals surface area contributed by atoms with Crippen LogP contribution in [0, 0.1) is 0 Å². The van der Waals surface area contributed by atoms with Gasteiger partial charge in [0, 0.05) is 6.54 Å². The molecule has 1 amide bonds. The van der Waals surface area contributed by atoms with Gasteiger partial charge in [-0.25, -0.2) is 0 Å². The molecule has 0 aromatic carbocycles. The zero-order valence-corrected chi connectivity index (χ0v) is 13.2. The smallest absolute Gasteiger partial charge is 0.268 e. The molecule has 0 saturated heterocycles. The number of imidazole rings is 1. The van der Waals surface area contributed by atoms with Gasteiger partial charge in [-0.1, -0.05) is 6.08 Å². The molecule has 2 heterocycles. The van der Waals surface area contributed by atoms with Gasteiger partial charge in [-0.15, -0.1) is 0 Å². The van der Waals surface area contributed by atoms with Gasteiger partial charge in [0.25, 0.3) is 5.91 Å². The summed E-state index contributed by atoms with van der Waals surface area (Å²) in [6.07, 6.45) is 3.25. The maximum absolute atomic E-state index is 11.8. The standard InChI is InChI=1S/C11H11Br2N5O2/c12-5-4-7(16-8(5)13)9(19)15-3-1-2-6-10(20)18-11(14)17-6/h1-2,4,16,20H,3H2,(H,15,19)(H3,14,17,18). The lowest BCUT2D eigenvalue weighted by Gasteiger charge is -1.98. The number of hydrogen-bond donors (Lipinski definition) is 5. The van der Waals surface area contributed by atoms with Crippen LogP contribution in [-0.2, 0) is 0 Å². The number of halogens is 2. The third-order valence-corrected chi connectivity index (χ3v) is 4.15. The third kappa shape index (κ3) is 3.42. The molecule has 6 N–H and O–H groups in total. The van der Waals surface area contributed by atoms with Crippen molar-refractivity contribution in [2.75, 3.05) is 12.3 Å². The molecule has 0 aliphatic carbocycles. The Morgan fingerprint density at radius 3 is 2.80 bits per heavy atom. The van der Waals surface area contributed by atoms with E-state index in [2.05, 4.69) is 52.1 Å². The molecule has 0 spiro atoms. The molecular weight excluding hydrogens is 394 g/mol. The van der Waals surface area contributed by atoms with Crippen molar-refractivity contribution in [3.63, 3.8) is 0 Å². The lowest BCUT2D eigenvalue weighted by molar-refractivity contribution is 0.0953. The van der Waals surface area contributed by atoms with Crippen LogP contribution in [0.1, 0.15) is 16.2 Å². The third-order valence-electron chi connectivity index (χ3n) is 2.36. The molecule has 20 heavy (non-hydrogen) atoms. The lowest BCUT2D eigenvalue weighted by Crippen LogP contribution is -2.23. The second-order valence-electron chi connectivity index (χ2n) is 3.82. The van der Waals surface area contributed by atoms with Crippen molar-refractivity contribution in [2.24, 2.45) is 0 Å². The highest BCUT2D eigenvalue weighted by Gasteiger charge is 2.09. The average molecular weight is 405 g/mol. The summed E-state index contributed by atoms with van der Waals surface area (Å²) in [5, 5.41) is 12.1. The van der Waals surface area contributed by atoms with Crippen LogP contribution in [0.5, 0.6) is 5.88 Å². The molecule has 0 fully saturated rings. The maximum Gasteiger partial charge on any atom is 0.268 e. The number of carbonyl (C=O) groups excluding carboxylic acids is 1. The van der Waals surface area contributed by atoms with E-state index in [-0.39, 0.29) is 17.7 Å². The summed E-state index contributed by atoms with van der Waals surface area (Å²) in [6.45, 7) is 0.297. The van der Waals surface area contributed by atoms with Crippen LogP contribution in [-0.4, -0.2) is 32.5 Å². The van der Waals surface area contributed by atoms with Crippen LogP contribution in [0.15, 0.2) is 21.2 Å². The van der Waals surface area contributed by atoms with Gasteiger partial charge in [0.1, 0.15) is 11.4 Å². The first-order valence-electron chi connectivity index (χ1n) is 5.50. The fourth-order valence-electron chi connectivity index (χ4n) is 1.46. The van der Waals surface area contributed by atoms with E-state index in [1.165, 1.54) is 0 Å². The first-order valence-corrected chi connectivity index (χ1v) is 7.09. The van der Waals surface area contributed by atoms with Crippen LogP contribution in [0.4, 0.5) is 5.95 Å². The monoisotopic (exact) mass is 403 g/mol. The Balaban J connectivity index is 1.89. The number of amides is 1. The van der Waals surface area contributed by atoms with Crippen LogP contribution >= 0.6 is 31.9 Å². The van der Waals surface area contributed by atoms with Crippen LogP contribution in [0.3, 0.4) is 0 Å². The number of aromatic amines is 2. The second-order valence-corrected chi connectivity index (χ2v) is 5.46. The molecule has 0 saturated carbocycles. The van der Waals surface area contributed by atoms with Gasteiger partial charge in [0.2, 0.25) is 11.8 Å². The highest BCUT2D eigenvalue weighted by Crippen LogP contribution is 2.22. The minimum Gasteiger partial charge on any atom is -0.492 e. The Labute approximate surface area is 130 Å². The largest absolute Gasteiger partial charge is 0.492 e. The van der Waals surface area contributed by atoms with Crippen LogP contribution < -0.4 is 11.1 Å². The Hall–Kier alpha value is -1.74. The van der Waals surface area contributed by atoms with Gasteiger partial charge in [0.15, 0.2) is 0 Å². The Kier molecular flexibility index (Phi) is 4.50. The number of carbonyl (C=O) groups is 1. The molecule has 0 radical (unpaired) electrons. The molecule has 2 aromatic rings. The van der Waals surface area contributed by atoms with E-state index < -0.39 is 0 Å². The number of anilines is 1. The average Bonchev–Trinajstić information content (AvgIpc) is 2.88. The summed E-state index contributed by atoms with van der Waals surface area (Å²) in [7, 11) is 0. The number of H-pyrrole nitrogens is 2. The van der Waals surface area contributed by atoms with Crippen molar-refractivity contribution in [1.29, 1.82) is 0 Å². The fourth-order valence-corrected chi connectivity index (χ4v) is 2.12. The van der Waals surface area contributed by atoms with E-state index in [4.69, 9.17) is 5.73 Å². The minimum atomic E-state index is -0.241. The lowest BCUT2D eigenvalue weighted by atomic mass is 10.3. The van der Waals surface area contributed by atoms with Crippen molar-refractivity contribution >= 4 is 49.8 Å². The molecular formula is C11H11Br2N5O2. The molecule has 0 atom stereocenters. The minimum absolute atomic E-state index is 0.132. The predicted octanol–water partition coefficient (Wildman–Crippen LogP) is 1.99. The Morgan fingerprint density at radius 1 is 1.50 bits per heavy atom. The van der Waals surface area contributed by atoms with E-state index in [0.717, 1.165) is 4.47 Å². The molecule has 0 unspecified atom stereocenters. The molecule has 9 heteroatoms. The van der Waals surface area contributed by atoms with Crippen molar-refractivity contribution in [2.45, 2.75) is 0 Å². The Bertz CT molecular complexity index is 642. The number of nitrogens with two attached hydrogens (primary N) is 1. The number of aromatic hydroxyl groups is 1. The van der Waals surface area contributed by atoms with Crippen LogP contribution in [0.2, 0.25) is 0 Å². The molecule has 2 rings (SSSR count). The summed E-state index contributed by atoms with van der Waals surface area (Å²) < 4.78 is 1.48. The zero-order chi connectivity index (χ0) is 14.7. The second kappa shape index (κ2) is 6.14. The normalized spacial score (nSPS) is 11.1. The van der Waals surface area contributed by atoms with Gasteiger partial charge in [-0.05, 0) is 44.0 Å². The van der Waals surface area contributed by atoms with Crippen molar-refractivity contribution in [3.8, 4) is 5.88 Å². The van der Waals surface area contributed by atoms with Crippen molar-refractivity contribution in [3.05, 3.63) is 32.6 Å². The summed E-state index contributed by atoms with van der Waals surface area (Å²) in [4.78, 5) is 20.9. The van der Waals surface area contributed by atoms with Crippen molar-refractivity contribution in [1.82, 2.24) is 20.3 Å².